The number of carbonyl (C=O) groups excluding carboxylic acids is 1. The third-order valence-corrected chi connectivity index (χ3v) is 4.84. The number of nitrogens with one attached hydrogen (secondary N) is 1. The Labute approximate surface area is 108 Å². The van der Waals surface area contributed by atoms with E-state index in [4.69, 9.17) is 0 Å². The molecule has 4 heteroatoms. The van der Waals surface area contributed by atoms with E-state index in [0.717, 1.165) is 11.3 Å². The van der Waals surface area contributed by atoms with Crippen molar-refractivity contribution in [3.63, 3.8) is 0 Å². The highest BCUT2D eigenvalue weighted by Gasteiger charge is 2.39. The van der Waals surface area contributed by atoms with Crippen LogP contribution in [-0.4, -0.2) is 11.9 Å². The summed E-state index contributed by atoms with van der Waals surface area (Å²) in [6.07, 6.45) is 1.61. The number of rotatable bonds is 4. The van der Waals surface area contributed by atoms with Gasteiger partial charge in [-0.15, -0.1) is 22.7 Å². The lowest BCUT2D eigenvalue weighted by Gasteiger charge is -2.02. The number of thiophene rings is 2. The highest BCUT2D eigenvalue weighted by Crippen LogP contribution is 2.42. The molecule has 0 radical (unpaired) electrons. The topological polar surface area (TPSA) is 29.1 Å². The standard InChI is InChI=1S/C13H13NOS2/c15-13(7-9-3-1-5-16-9)14-11-8-10(11)12-4-2-6-17-12/h1-6,10-11H,7-8H2,(H,14,15). The van der Waals surface area contributed by atoms with Gasteiger partial charge in [0.1, 0.15) is 0 Å². The fourth-order valence-electron chi connectivity index (χ4n) is 2.00. The van der Waals surface area contributed by atoms with Gasteiger partial charge >= 0.3 is 0 Å². The second-order valence-corrected chi connectivity index (χ2v) is 6.30. The van der Waals surface area contributed by atoms with Gasteiger partial charge in [0.25, 0.3) is 0 Å². The maximum atomic E-state index is 11.8. The first-order valence-electron chi connectivity index (χ1n) is 5.68. The first kappa shape index (κ1) is 11.0. The van der Waals surface area contributed by atoms with Gasteiger partial charge in [0, 0.05) is 21.7 Å². The maximum Gasteiger partial charge on any atom is 0.225 e. The molecule has 2 atom stereocenters. The van der Waals surface area contributed by atoms with E-state index in [1.807, 2.05) is 17.5 Å². The van der Waals surface area contributed by atoms with Crippen molar-refractivity contribution in [2.24, 2.45) is 0 Å². The zero-order chi connectivity index (χ0) is 11.7. The molecule has 0 aliphatic heterocycles. The van der Waals surface area contributed by atoms with Gasteiger partial charge in [0.2, 0.25) is 5.91 Å². The summed E-state index contributed by atoms with van der Waals surface area (Å²) in [6, 6.07) is 8.58. The van der Waals surface area contributed by atoms with Crippen LogP contribution < -0.4 is 5.32 Å². The first-order valence-corrected chi connectivity index (χ1v) is 7.44. The summed E-state index contributed by atoms with van der Waals surface area (Å²) >= 11 is 3.42. The molecule has 0 spiro atoms. The summed E-state index contributed by atoms with van der Waals surface area (Å²) in [5.41, 5.74) is 0. The molecule has 2 unspecified atom stereocenters. The van der Waals surface area contributed by atoms with Gasteiger partial charge in [0.15, 0.2) is 0 Å². The molecule has 2 aromatic heterocycles. The molecule has 0 aromatic carbocycles. The molecule has 2 nitrogen and oxygen atoms in total. The minimum atomic E-state index is 0.150. The highest BCUT2D eigenvalue weighted by molar-refractivity contribution is 7.10. The van der Waals surface area contributed by atoms with Gasteiger partial charge in [-0.3, -0.25) is 4.79 Å². The van der Waals surface area contributed by atoms with E-state index in [1.54, 1.807) is 22.7 Å². The molecule has 1 saturated carbocycles. The van der Waals surface area contributed by atoms with Gasteiger partial charge < -0.3 is 5.32 Å². The average Bonchev–Trinajstić information content (AvgIpc) is 2.77. The molecule has 1 N–H and O–H groups in total. The Balaban J connectivity index is 1.51. The summed E-state index contributed by atoms with van der Waals surface area (Å²) in [5, 5.41) is 7.21. The van der Waals surface area contributed by atoms with Crippen molar-refractivity contribution in [2.75, 3.05) is 0 Å². The molecule has 17 heavy (non-hydrogen) atoms. The van der Waals surface area contributed by atoms with Crippen LogP contribution >= 0.6 is 22.7 Å². The number of hydrogen-bond donors (Lipinski definition) is 1. The first-order chi connectivity index (χ1) is 8.33. The summed E-state index contributed by atoms with van der Waals surface area (Å²) < 4.78 is 0. The van der Waals surface area contributed by atoms with Gasteiger partial charge in [-0.2, -0.15) is 0 Å². The molecule has 1 amide bonds. The SMILES string of the molecule is O=C(Cc1cccs1)NC1CC1c1cccs1. The number of amides is 1. The Morgan fingerprint density at radius 3 is 2.82 bits per heavy atom. The van der Waals surface area contributed by atoms with Crippen LogP contribution in [0.2, 0.25) is 0 Å². The molecule has 0 saturated heterocycles. The molecular formula is C13H13NOS2. The summed E-state index contributed by atoms with van der Waals surface area (Å²) in [7, 11) is 0. The predicted molar refractivity (Wildman–Crippen MR) is 71.6 cm³/mol. The summed E-state index contributed by atoms with van der Waals surface area (Å²) in [6.45, 7) is 0. The molecule has 1 fully saturated rings. The molecule has 1 aliphatic carbocycles. The Bertz CT molecular complexity index is 489. The minimum Gasteiger partial charge on any atom is -0.352 e. The van der Waals surface area contributed by atoms with Crippen LogP contribution in [0.25, 0.3) is 0 Å². The lowest BCUT2D eigenvalue weighted by Crippen LogP contribution is -2.27. The fourth-order valence-corrected chi connectivity index (χ4v) is 3.61. The van der Waals surface area contributed by atoms with Gasteiger partial charge in [-0.1, -0.05) is 12.1 Å². The van der Waals surface area contributed by atoms with E-state index in [0.29, 0.717) is 18.4 Å². The van der Waals surface area contributed by atoms with Crippen molar-refractivity contribution in [1.82, 2.24) is 5.32 Å². The Kier molecular flexibility index (Phi) is 2.99. The highest BCUT2D eigenvalue weighted by atomic mass is 32.1. The second kappa shape index (κ2) is 4.63. The van der Waals surface area contributed by atoms with Gasteiger partial charge in [-0.05, 0) is 29.3 Å². The number of hydrogen-bond acceptors (Lipinski definition) is 3. The van der Waals surface area contributed by atoms with Crippen LogP contribution in [0.15, 0.2) is 35.0 Å². The fraction of sp³-hybridized carbons (Fsp3) is 0.308. The molecule has 1 aliphatic rings. The molecule has 2 aromatic rings. The van der Waals surface area contributed by atoms with E-state index < -0.39 is 0 Å². The van der Waals surface area contributed by atoms with E-state index in [2.05, 4.69) is 22.8 Å². The molecule has 3 rings (SSSR count). The Morgan fingerprint density at radius 2 is 2.12 bits per heavy atom. The second-order valence-electron chi connectivity index (χ2n) is 4.29. The van der Waals surface area contributed by atoms with Crippen molar-refractivity contribution >= 4 is 28.6 Å². The molecule has 88 valence electrons. The van der Waals surface area contributed by atoms with Crippen LogP contribution in [0.4, 0.5) is 0 Å². The normalized spacial score (nSPS) is 22.4. The molecule has 2 heterocycles. The largest absolute Gasteiger partial charge is 0.352 e. The van der Waals surface area contributed by atoms with Crippen LogP contribution in [0, 0.1) is 0 Å². The van der Waals surface area contributed by atoms with Crippen molar-refractivity contribution in [1.29, 1.82) is 0 Å². The van der Waals surface area contributed by atoms with Crippen LogP contribution in [0.3, 0.4) is 0 Å². The zero-order valence-corrected chi connectivity index (χ0v) is 10.9. The molecular weight excluding hydrogens is 250 g/mol. The van der Waals surface area contributed by atoms with Gasteiger partial charge in [0.05, 0.1) is 6.42 Å². The van der Waals surface area contributed by atoms with Crippen LogP contribution in [-0.2, 0) is 11.2 Å². The van der Waals surface area contributed by atoms with Crippen LogP contribution in [0.1, 0.15) is 22.1 Å². The Hall–Kier alpha value is -1.13. The summed E-state index contributed by atoms with van der Waals surface area (Å²) in [5.74, 6) is 0.707. The molecule has 0 bridgehead atoms. The van der Waals surface area contributed by atoms with E-state index in [9.17, 15) is 4.79 Å². The lowest BCUT2D eigenvalue weighted by atomic mass is 10.3. The lowest BCUT2D eigenvalue weighted by molar-refractivity contribution is -0.120. The quantitative estimate of drug-likeness (QED) is 0.902. The van der Waals surface area contributed by atoms with E-state index >= 15 is 0 Å². The Morgan fingerprint density at radius 1 is 1.29 bits per heavy atom. The van der Waals surface area contributed by atoms with E-state index in [1.165, 1.54) is 4.88 Å². The van der Waals surface area contributed by atoms with Crippen molar-refractivity contribution in [3.05, 3.63) is 44.8 Å². The smallest absolute Gasteiger partial charge is 0.225 e. The van der Waals surface area contributed by atoms with Gasteiger partial charge in [-0.25, -0.2) is 0 Å². The minimum absolute atomic E-state index is 0.150. The monoisotopic (exact) mass is 263 g/mol. The zero-order valence-electron chi connectivity index (χ0n) is 9.26. The van der Waals surface area contributed by atoms with Crippen molar-refractivity contribution in [3.8, 4) is 0 Å². The third kappa shape index (κ3) is 2.58. The van der Waals surface area contributed by atoms with E-state index in [-0.39, 0.29) is 5.91 Å². The third-order valence-electron chi connectivity index (χ3n) is 2.96. The van der Waals surface area contributed by atoms with Crippen molar-refractivity contribution in [2.45, 2.75) is 24.8 Å². The number of carbonyl (C=O) groups is 1. The average molecular weight is 263 g/mol. The van der Waals surface area contributed by atoms with Crippen molar-refractivity contribution < 1.29 is 4.79 Å². The maximum absolute atomic E-state index is 11.8. The van der Waals surface area contributed by atoms with Crippen LogP contribution in [0.5, 0.6) is 0 Å². The predicted octanol–water partition coefficient (Wildman–Crippen LogP) is 3.02. The summed E-state index contributed by atoms with van der Waals surface area (Å²) in [4.78, 5) is 14.3.